The molecule has 2 rings (SSSR count). The van der Waals surface area contributed by atoms with Crippen molar-refractivity contribution in [2.45, 2.75) is 51.4 Å². The van der Waals surface area contributed by atoms with Gasteiger partial charge < -0.3 is 9.88 Å². The minimum absolute atomic E-state index is 0.592. The maximum Gasteiger partial charge on any atom is 0.0363 e. The first-order chi connectivity index (χ1) is 8.70. The summed E-state index contributed by atoms with van der Waals surface area (Å²) in [5.41, 5.74) is 1.48. The van der Waals surface area contributed by atoms with E-state index < -0.39 is 0 Å². The smallest absolute Gasteiger partial charge is 0.0363 e. The van der Waals surface area contributed by atoms with Crippen LogP contribution in [0.15, 0.2) is 18.5 Å². The predicted octanol–water partition coefficient (Wildman–Crippen LogP) is 3.69. The molecule has 3 heteroatoms. The van der Waals surface area contributed by atoms with Gasteiger partial charge in [-0.1, -0.05) is 20.8 Å². The third-order valence-electron chi connectivity index (χ3n) is 3.45. The Morgan fingerprint density at radius 3 is 2.83 bits per heavy atom. The molecule has 0 aliphatic heterocycles. The van der Waals surface area contributed by atoms with Gasteiger partial charge in [-0.15, -0.1) is 0 Å². The first-order valence-electron chi connectivity index (χ1n) is 7.21. The molecule has 1 aliphatic rings. The third-order valence-corrected chi connectivity index (χ3v) is 4.54. The Morgan fingerprint density at radius 1 is 1.44 bits per heavy atom. The van der Waals surface area contributed by atoms with Crippen molar-refractivity contribution >= 4 is 11.8 Å². The lowest BCUT2D eigenvalue weighted by Gasteiger charge is -2.15. The van der Waals surface area contributed by atoms with Crippen LogP contribution in [-0.4, -0.2) is 22.1 Å². The molecule has 1 N–H and O–H groups in total. The molecule has 2 nitrogen and oxygen atoms in total. The Balaban J connectivity index is 1.87. The number of aromatic nitrogens is 1. The molecule has 1 aromatic rings. The van der Waals surface area contributed by atoms with E-state index in [9.17, 15) is 0 Å². The highest BCUT2D eigenvalue weighted by molar-refractivity contribution is 7.99. The van der Waals surface area contributed by atoms with E-state index in [1.165, 1.54) is 24.2 Å². The number of rotatable bonds is 8. The van der Waals surface area contributed by atoms with Crippen molar-refractivity contribution in [2.75, 3.05) is 12.3 Å². The average molecular weight is 266 g/mol. The molecule has 1 fully saturated rings. The van der Waals surface area contributed by atoms with Crippen molar-refractivity contribution in [1.29, 1.82) is 0 Å². The number of nitrogens with one attached hydrogen (secondary N) is 1. The summed E-state index contributed by atoms with van der Waals surface area (Å²) in [5.74, 6) is 2.09. The standard InChI is InChI=1S/C15H26N2S/c1-4-16-15(13-5-6-13)14-7-8-17(11-14)9-10-18-12(2)3/h7-8,11-13,15-16H,4-6,9-10H2,1-3H3. The van der Waals surface area contributed by atoms with E-state index in [0.717, 1.165) is 24.3 Å². The molecule has 1 atom stereocenters. The van der Waals surface area contributed by atoms with Crippen molar-refractivity contribution in [3.05, 3.63) is 24.0 Å². The van der Waals surface area contributed by atoms with Crippen LogP contribution in [0.5, 0.6) is 0 Å². The number of nitrogens with zero attached hydrogens (tertiary/aromatic N) is 1. The normalized spacial score (nSPS) is 17.3. The summed E-state index contributed by atoms with van der Waals surface area (Å²) in [6.07, 6.45) is 7.37. The molecule has 1 unspecified atom stereocenters. The topological polar surface area (TPSA) is 17.0 Å². The molecule has 1 saturated carbocycles. The van der Waals surface area contributed by atoms with E-state index in [0.29, 0.717) is 6.04 Å². The molecule has 0 aromatic carbocycles. The predicted molar refractivity (Wildman–Crippen MR) is 81.2 cm³/mol. The highest BCUT2D eigenvalue weighted by atomic mass is 32.2. The van der Waals surface area contributed by atoms with Gasteiger partial charge in [0.2, 0.25) is 0 Å². The van der Waals surface area contributed by atoms with Crippen LogP contribution >= 0.6 is 11.8 Å². The number of hydrogen-bond acceptors (Lipinski definition) is 2. The van der Waals surface area contributed by atoms with E-state index in [1.807, 2.05) is 11.8 Å². The molecule has 0 bridgehead atoms. The lowest BCUT2D eigenvalue weighted by molar-refractivity contribution is 0.495. The molecule has 1 aromatic heterocycles. The van der Waals surface area contributed by atoms with Gasteiger partial charge in [0, 0.05) is 30.7 Å². The summed E-state index contributed by atoms with van der Waals surface area (Å²) in [6.45, 7) is 8.92. The minimum Gasteiger partial charge on any atom is -0.353 e. The number of hydrogen-bond donors (Lipinski definition) is 1. The fourth-order valence-electron chi connectivity index (χ4n) is 2.38. The summed E-state index contributed by atoms with van der Waals surface area (Å²) in [7, 11) is 0. The first-order valence-corrected chi connectivity index (χ1v) is 8.26. The van der Waals surface area contributed by atoms with Gasteiger partial charge in [-0.2, -0.15) is 11.8 Å². The van der Waals surface area contributed by atoms with Crippen LogP contribution < -0.4 is 5.32 Å². The van der Waals surface area contributed by atoms with Gasteiger partial charge >= 0.3 is 0 Å². The zero-order chi connectivity index (χ0) is 13.0. The summed E-state index contributed by atoms with van der Waals surface area (Å²) >= 11 is 2.04. The Hall–Kier alpha value is -0.410. The molecule has 102 valence electrons. The monoisotopic (exact) mass is 266 g/mol. The second-order valence-corrected chi connectivity index (χ2v) is 7.16. The van der Waals surface area contributed by atoms with E-state index in [-0.39, 0.29) is 0 Å². The summed E-state index contributed by atoms with van der Waals surface area (Å²) in [5, 5.41) is 4.37. The summed E-state index contributed by atoms with van der Waals surface area (Å²) in [6, 6.07) is 2.89. The fourth-order valence-corrected chi connectivity index (χ4v) is 3.17. The van der Waals surface area contributed by atoms with Gasteiger partial charge in [0.25, 0.3) is 0 Å². The molecular formula is C15H26N2S. The molecule has 0 saturated heterocycles. The van der Waals surface area contributed by atoms with Gasteiger partial charge in [-0.05, 0) is 42.2 Å². The molecular weight excluding hydrogens is 240 g/mol. The SMILES string of the molecule is CCNC(c1ccn(CCSC(C)C)c1)C1CC1. The summed E-state index contributed by atoms with van der Waals surface area (Å²) in [4.78, 5) is 0. The van der Waals surface area contributed by atoms with Crippen molar-refractivity contribution < 1.29 is 0 Å². The minimum atomic E-state index is 0.592. The maximum absolute atomic E-state index is 3.63. The lowest BCUT2D eigenvalue weighted by atomic mass is 10.1. The van der Waals surface area contributed by atoms with Gasteiger partial charge in [-0.25, -0.2) is 0 Å². The largest absolute Gasteiger partial charge is 0.353 e. The number of aryl methyl sites for hydroxylation is 1. The van der Waals surface area contributed by atoms with E-state index >= 15 is 0 Å². The van der Waals surface area contributed by atoms with Crippen LogP contribution in [0.25, 0.3) is 0 Å². The summed E-state index contributed by atoms with van der Waals surface area (Å²) < 4.78 is 2.34. The molecule has 18 heavy (non-hydrogen) atoms. The van der Waals surface area contributed by atoms with Gasteiger partial charge in [-0.3, -0.25) is 0 Å². The van der Waals surface area contributed by atoms with Crippen LogP contribution in [0, 0.1) is 5.92 Å². The highest BCUT2D eigenvalue weighted by Gasteiger charge is 2.31. The zero-order valence-electron chi connectivity index (χ0n) is 11.9. The van der Waals surface area contributed by atoms with Crippen LogP contribution in [0.4, 0.5) is 0 Å². The van der Waals surface area contributed by atoms with Crippen LogP contribution in [0.2, 0.25) is 0 Å². The van der Waals surface area contributed by atoms with E-state index in [1.54, 1.807) is 0 Å². The van der Waals surface area contributed by atoms with Crippen LogP contribution in [0.3, 0.4) is 0 Å². The second kappa shape index (κ2) is 6.67. The molecule has 1 aliphatic carbocycles. The molecule has 1 heterocycles. The molecule has 0 amide bonds. The Bertz CT molecular complexity index is 355. The zero-order valence-corrected chi connectivity index (χ0v) is 12.7. The van der Waals surface area contributed by atoms with Crippen molar-refractivity contribution in [1.82, 2.24) is 9.88 Å². The third kappa shape index (κ3) is 4.06. The van der Waals surface area contributed by atoms with Gasteiger partial charge in [0.1, 0.15) is 0 Å². The van der Waals surface area contributed by atoms with Crippen molar-refractivity contribution in [2.24, 2.45) is 5.92 Å². The first kappa shape index (κ1) is 14.0. The quantitative estimate of drug-likeness (QED) is 0.773. The van der Waals surface area contributed by atoms with Crippen molar-refractivity contribution in [3.8, 4) is 0 Å². The average Bonchev–Trinajstić information content (AvgIpc) is 3.06. The Labute approximate surface area is 116 Å². The second-order valence-electron chi connectivity index (χ2n) is 5.47. The lowest BCUT2D eigenvalue weighted by Crippen LogP contribution is -2.22. The Morgan fingerprint density at radius 2 is 2.22 bits per heavy atom. The fraction of sp³-hybridized carbons (Fsp3) is 0.733. The van der Waals surface area contributed by atoms with Crippen LogP contribution in [0.1, 0.15) is 45.2 Å². The number of thioether (sulfide) groups is 1. The van der Waals surface area contributed by atoms with Gasteiger partial charge in [0.05, 0.1) is 0 Å². The van der Waals surface area contributed by atoms with Crippen molar-refractivity contribution in [3.63, 3.8) is 0 Å². The van der Waals surface area contributed by atoms with Gasteiger partial charge in [0.15, 0.2) is 0 Å². The maximum atomic E-state index is 3.63. The van der Waals surface area contributed by atoms with E-state index in [2.05, 4.69) is 49.1 Å². The Kier molecular flexibility index (Phi) is 5.19. The molecule has 0 radical (unpaired) electrons. The van der Waals surface area contributed by atoms with E-state index in [4.69, 9.17) is 0 Å². The molecule has 0 spiro atoms. The van der Waals surface area contributed by atoms with Crippen LogP contribution in [-0.2, 0) is 6.54 Å². The highest BCUT2D eigenvalue weighted by Crippen LogP contribution is 2.40.